The van der Waals surface area contributed by atoms with Gasteiger partial charge in [0.25, 0.3) is 10.0 Å². The number of rotatable bonds is 10. The Labute approximate surface area is 206 Å². The molecule has 0 aromatic heterocycles. The fraction of sp³-hybridized carbons (Fsp3) is 0.240. The van der Waals surface area contributed by atoms with E-state index in [0.29, 0.717) is 17.9 Å². The van der Waals surface area contributed by atoms with Gasteiger partial charge in [0, 0.05) is 6.26 Å². The number of anilines is 1. The van der Waals surface area contributed by atoms with Gasteiger partial charge in [0.05, 0.1) is 28.6 Å². The van der Waals surface area contributed by atoms with E-state index in [0.717, 1.165) is 16.1 Å². The highest BCUT2D eigenvalue weighted by Gasteiger charge is 2.28. The number of sulfone groups is 1. The van der Waals surface area contributed by atoms with Gasteiger partial charge in [0.15, 0.2) is 9.84 Å². The van der Waals surface area contributed by atoms with Gasteiger partial charge in [-0.2, -0.15) is 0 Å². The molecule has 0 saturated heterocycles. The minimum atomic E-state index is -4.05. The Kier molecular flexibility index (Phi) is 8.18. The minimum Gasteiger partial charge on any atom is -0.497 e. The van der Waals surface area contributed by atoms with Gasteiger partial charge in [0.1, 0.15) is 12.3 Å². The summed E-state index contributed by atoms with van der Waals surface area (Å²) in [7, 11) is -5.90. The second-order valence-electron chi connectivity index (χ2n) is 7.89. The average Bonchev–Trinajstić information content (AvgIpc) is 2.86. The van der Waals surface area contributed by atoms with E-state index >= 15 is 0 Å². The van der Waals surface area contributed by atoms with E-state index in [4.69, 9.17) is 4.74 Å². The second-order valence-corrected chi connectivity index (χ2v) is 11.8. The second kappa shape index (κ2) is 10.9. The summed E-state index contributed by atoms with van der Waals surface area (Å²) in [4.78, 5) is 13.3. The smallest absolute Gasteiger partial charge is 0.264 e. The fourth-order valence-corrected chi connectivity index (χ4v) is 5.57. The predicted octanol–water partition coefficient (Wildman–Crippen LogP) is 3.56. The first-order valence-corrected chi connectivity index (χ1v) is 14.2. The summed E-state index contributed by atoms with van der Waals surface area (Å²) < 4.78 is 56.6. The number of nitrogens with zero attached hydrogens (tertiary/aromatic N) is 1. The lowest BCUT2D eigenvalue weighted by Crippen LogP contribution is -2.42. The summed E-state index contributed by atoms with van der Waals surface area (Å²) in [6, 6.07) is 20.2. The first-order valence-electron chi connectivity index (χ1n) is 10.9. The Morgan fingerprint density at radius 3 is 1.97 bits per heavy atom. The van der Waals surface area contributed by atoms with Crippen molar-refractivity contribution in [1.29, 1.82) is 0 Å². The number of hydrogen-bond acceptors (Lipinski definition) is 6. The highest BCUT2D eigenvalue weighted by Crippen LogP contribution is 2.25. The van der Waals surface area contributed by atoms with Crippen LogP contribution in [-0.4, -0.2) is 42.7 Å². The summed E-state index contributed by atoms with van der Waals surface area (Å²) in [5.74, 6) is 0.0191. The van der Waals surface area contributed by atoms with E-state index in [1.165, 1.54) is 31.4 Å². The van der Waals surface area contributed by atoms with Crippen molar-refractivity contribution in [2.45, 2.75) is 29.2 Å². The summed E-state index contributed by atoms with van der Waals surface area (Å²) in [5, 5.41) is 2.87. The lowest BCUT2D eigenvalue weighted by Gasteiger charge is -2.26. The molecule has 0 spiro atoms. The Balaban J connectivity index is 1.86. The standard InChI is InChI=1S/C25H28N2O6S2/c1-4-24(19-10-14-22(15-11-19)34(3,29)30)26-25(28)18-27(20-8-6-5-7-9-20)35(31,32)23-16-12-21(33-2)13-17-23/h5-17,24H,4,18H2,1-3H3,(H,26,28). The Bertz CT molecular complexity index is 1360. The van der Waals surface area contributed by atoms with Gasteiger partial charge < -0.3 is 10.1 Å². The molecule has 8 nitrogen and oxygen atoms in total. The zero-order valence-electron chi connectivity index (χ0n) is 19.7. The van der Waals surface area contributed by atoms with Crippen LogP contribution in [0.4, 0.5) is 5.69 Å². The number of carbonyl (C=O) groups is 1. The van der Waals surface area contributed by atoms with Crippen LogP contribution in [0.3, 0.4) is 0 Å². The predicted molar refractivity (Wildman–Crippen MR) is 135 cm³/mol. The molecule has 10 heteroatoms. The Hall–Kier alpha value is -3.37. The molecular weight excluding hydrogens is 488 g/mol. The summed E-state index contributed by atoms with van der Waals surface area (Å²) >= 11 is 0. The van der Waals surface area contributed by atoms with E-state index in [1.54, 1.807) is 54.6 Å². The number of para-hydroxylation sites is 1. The third-order valence-corrected chi connectivity index (χ3v) is 8.35. The molecule has 0 saturated carbocycles. The fourth-order valence-electron chi connectivity index (χ4n) is 3.52. The van der Waals surface area contributed by atoms with Crippen molar-refractivity contribution < 1.29 is 26.4 Å². The van der Waals surface area contributed by atoms with Crippen molar-refractivity contribution in [2.24, 2.45) is 0 Å². The van der Waals surface area contributed by atoms with E-state index in [-0.39, 0.29) is 9.79 Å². The lowest BCUT2D eigenvalue weighted by molar-refractivity contribution is -0.120. The number of hydrogen-bond donors (Lipinski definition) is 1. The highest BCUT2D eigenvalue weighted by molar-refractivity contribution is 7.93. The molecule has 0 radical (unpaired) electrons. The van der Waals surface area contributed by atoms with Crippen LogP contribution in [0.5, 0.6) is 5.75 Å². The molecule has 1 amide bonds. The third-order valence-electron chi connectivity index (χ3n) is 5.43. The van der Waals surface area contributed by atoms with E-state index in [9.17, 15) is 21.6 Å². The molecule has 1 N–H and O–H groups in total. The van der Waals surface area contributed by atoms with Crippen LogP contribution in [-0.2, 0) is 24.7 Å². The minimum absolute atomic E-state index is 0.0263. The first-order chi connectivity index (χ1) is 16.6. The number of sulfonamides is 1. The van der Waals surface area contributed by atoms with Crippen LogP contribution < -0.4 is 14.4 Å². The van der Waals surface area contributed by atoms with Crippen molar-refractivity contribution in [3.05, 3.63) is 84.4 Å². The molecule has 35 heavy (non-hydrogen) atoms. The van der Waals surface area contributed by atoms with Gasteiger partial charge in [-0.3, -0.25) is 9.10 Å². The third kappa shape index (κ3) is 6.40. The maximum absolute atomic E-state index is 13.5. The number of carbonyl (C=O) groups excluding carboxylic acids is 1. The van der Waals surface area contributed by atoms with Crippen LogP contribution in [0.25, 0.3) is 0 Å². The van der Waals surface area contributed by atoms with Crippen molar-refractivity contribution in [2.75, 3.05) is 24.2 Å². The highest BCUT2D eigenvalue weighted by atomic mass is 32.2. The lowest BCUT2D eigenvalue weighted by atomic mass is 10.0. The number of benzene rings is 3. The van der Waals surface area contributed by atoms with Crippen molar-refractivity contribution >= 4 is 31.5 Å². The molecule has 3 aromatic rings. The zero-order chi connectivity index (χ0) is 25.6. The van der Waals surface area contributed by atoms with Crippen LogP contribution in [0.2, 0.25) is 0 Å². The number of amides is 1. The first kappa shape index (κ1) is 26.2. The molecule has 1 unspecified atom stereocenters. The number of nitrogens with one attached hydrogen (secondary N) is 1. The largest absolute Gasteiger partial charge is 0.497 e. The maximum atomic E-state index is 13.5. The van der Waals surface area contributed by atoms with Crippen LogP contribution in [0, 0.1) is 0 Å². The molecular formula is C25H28N2O6S2. The summed E-state index contributed by atoms with van der Waals surface area (Å²) in [6.07, 6.45) is 1.66. The quantitative estimate of drug-likeness (QED) is 0.441. The van der Waals surface area contributed by atoms with Crippen LogP contribution in [0.15, 0.2) is 88.7 Å². The Morgan fingerprint density at radius 2 is 1.46 bits per heavy atom. The molecule has 0 aliphatic carbocycles. The van der Waals surface area contributed by atoms with E-state index in [2.05, 4.69) is 5.32 Å². The molecule has 0 heterocycles. The van der Waals surface area contributed by atoms with E-state index < -0.39 is 38.4 Å². The molecule has 3 aromatic carbocycles. The van der Waals surface area contributed by atoms with Crippen molar-refractivity contribution in [3.63, 3.8) is 0 Å². The molecule has 1 atom stereocenters. The van der Waals surface area contributed by atoms with E-state index in [1.807, 2.05) is 6.92 Å². The van der Waals surface area contributed by atoms with Gasteiger partial charge >= 0.3 is 0 Å². The molecule has 0 bridgehead atoms. The van der Waals surface area contributed by atoms with Crippen LogP contribution in [0.1, 0.15) is 24.9 Å². The van der Waals surface area contributed by atoms with Gasteiger partial charge in [-0.05, 0) is 60.5 Å². The summed E-state index contributed by atoms with van der Waals surface area (Å²) in [5.41, 5.74) is 1.07. The topological polar surface area (TPSA) is 110 Å². The van der Waals surface area contributed by atoms with Crippen molar-refractivity contribution in [3.8, 4) is 5.75 Å². The average molecular weight is 517 g/mol. The van der Waals surface area contributed by atoms with Gasteiger partial charge in [-0.25, -0.2) is 16.8 Å². The molecule has 0 fully saturated rings. The molecule has 0 aliphatic heterocycles. The zero-order valence-corrected chi connectivity index (χ0v) is 21.3. The van der Waals surface area contributed by atoms with Gasteiger partial charge in [0.2, 0.25) is 5.91 Å². The van der Waals surface area contributed by atoms with Crippen LogP contribution >= 0.6 is 0 Å². The number of ether oxygens (including phenoxy) is 1. The maximum Gasteiger partial charge on any atom is 0.264 e. The van der Waals surface area contributed by atoms with Gasteiger partial charge in [-0.1, -0.05) is 37.3 Å². The van der Waals surface area contributed by atoms with Gasteiger partial charge in [-0.15, -0.1) is 0 Å². The molecule has 0 aliphatic rings. The Morgan fingerprint density at radius 1 is 0.886 bits per heavy atom. The normalized spacial score (nSPS) is 12.5. The van der Waals surface area contributed by atoms with Crippen molar-refractivity contribution in [1.82, 2.24) is 5.32 Å². The molecule has 3 rings (SSSR count). The summed E-state index contributed by atoms with van der Waals surface area (Å²) in [6.45, 7) is 1.44. The monoisotopic (exact) mass is 516 g/mol. The number of methoxy groups -OCH3 is 1. The molecule has 186 valence electrons. The SMILES string of the molecule is CCC(NC(=O)CN(c1ccccc1)S(=O)(=O)c1ccc(OC)cc1)c1ccc(S(C)(=O)=O)cc1.